The highest BCUT2D eigenvalue weighted by atomic mass is 31.1. The maximum absolute atomic E-state index is 8.70. The van der Waals surface area contributed by atoms with Gasteiger partial charge in [-0.1, -0.05) is 0 Å². The van der Waals surface area contributed by atoms with Gasteiger partial charge < -0.3 is 0 Å². The summed E-state index contributed by atoms with van der Waals surface area (Å²) in [6.07, 6.45) is 8.00. The molecule has 10 heavy (non-hydrogen) atoms. The molecular weight excluding hydrogens is 182 g/mol. The Hall–Kier alpha value is -0.400. The third kappa shape index (κ3) is 2070. The summed E-state index contributed by atoms with van der Waals surface area (Å²) < 4.78 is 17.4. The number of terminal acetylenes is 1. The highest BCUT2D eigenvalue weighted by molar-refractivity contribution is 7.31. The molecule has 0 amide bonds. The lowest BCUT2D eigenvalue weighted by molar-refractivity contribution is 0.403. The first kappa shape index (κ1) is 16.3. The summed E-state index contributed by atoms with van der Waals surface area (Å²) in [5.41, 5.74) is 0. The molecule has 0 atom stereocenters. The molecule has 0 fully saturated rings. The van der Waals surface area contributed by atoms with Gasteiger partial charge in [0.2, 0.25) is 0 Å². The van der Waals surface area contributed by atoms with Crippen molar-refractivity contribution in [1.82, 2.24) is 0 Å². The molecule has 0 saturated heterocycles. The molecule has 6 nitrogen and oxygen atoms in total. The first-order valence-corrected chi connectivity index (χ1v) is 3.83. The Kier molecular flexibility index (Phi) is 25.8. The summed E-state index contributed by atoms with van der Waals surface area (Å²) in [7, 11) is -5.74. The van der Waals surface area contributed by atoms with E-state index in [9.17, 15) is 0 Å². The fraction of sp³-hybridized carbons (Fsp3) is 0. The van der Waals surface area contributed by atoms with Crippen LogP contribution in [0.2, 0.25) is 0 Å². The zero-order chi connectivity index (χ0) is 9.15. The highest BCUT2D eigenvalue weighted by Gasteiger charge is 1.93. The molecule has 58 valence electrons. The normalized spacial score (nSPS) is 5.40. The predicted molar refractivity (Wildman–Crippen MR) is 34.0 cm³/mol. The third-order valence-corrected chi connectivity index (χ3v) is 0. The molecule has 0 aliphatic rings. The lowest BCUT2D eigenvalue weighted by atomic mass is 11.4. The Morgan fingerprint density at radius 2 is 0.800 bits per heavy atom. The van der Waals surface area contributed by atoms with Crippen LogP contribution in [0.3, 0.4) is 0 Å². The summed E-state index contributed by atoms with van der Waals surface area (Å²) in [4.78, 5) is 28.5. The van der Waals surface area contributed by atoms with E-state index in [4.69, 9.17) is 28.7 Å². The van der Waals surface area contributed by atoms with Crippen LogP contribution < -0.4 is 0 Å². The van der Waals surface area contributed by atoms with Gasteiger partial charge >= 0.3 is 16.5 Å². The van der Waals surface area contributed by atoms with Crippen LogP contribution in [0.1, 0.15) is 0 Å². The zero-order valence-corrected chi connectivity index (χ0v) is 6.44. The molecule has 0 spiro atoms. The largest absolute Gasteiger partial charge is 0.692 e. The predicted octanol–water partition coefficient (Wildman–Crippen LogP) is -0.494. The summed E-state index contributed by atoms with van der Waals surface area (Å²) in [6, 6.07) is 0. The minimum absolute atomic E-state index is 2.87. The molecule has 0 aromatic heterocycles. The minimum Gasteiger partial charge on any atom is -0.134 e. The van der Waals surface area contributed by atoms with Gasteiger partial charge in [-0.2, -0.15) is 0 Å². The van der Waals surface area contributed by atoms with E-state index in [2.05, 4.69) is 12.8 Å². The molecule has 4 N–H and O–H groups in total. The SMILES string of the molecule is C#C.O=[P+](O)O.O=[P+](O)O. The van der Waals surface area contributed by atoms with Gasteiger partial charge in [0, 0.05) is 9.13 Å². The molecule has 0 aliphatic carbocycles. The van der Waals surface area contributed by atoms with Crippen LogP contribution in [0.15, 0.2) is 0 Å². The van der Waals surface area contributed by atoms with Gasteiger partial charge in [-0.25, -0.2) is 0 Å². The Labute approximate surface area is 59.0 Å². The molecule has 0 unspecified atom stereocenters. The first-order chi connectivity index (χ1) is 4.46. The van der Waals surface area contributed by atoms with Gasteiger partial charge in [0.1, 0.15) is 0 Å². The molecule has 0 bridgehead atoms. The van der Waals surface area contributed by atoms with E-state index in [1.54, 1.807) is 0 Å². The van der Waals surface area contributed by atoms with E-state index in [0.29, 0.717) is 0 Å². The van der Waals surface area contributed by atoms with Gasteiger partial charge in [0.05, 0.1) is 0 Å². The standard InChI is InChI=1S/C2H2.2HO3P/c1-2;2*1-4(2)3/h1-2H;2*(H-,1,2,3)/p+2. The van der Waals surface area contributed by atoms with Crippen molar-refractivity contribution in [2.45, 2.75) is 0 Å². The Morgan fingerprint density at radius 1 is 0.800 bits per heavy atom. The van der Waals surface area contributed by atoms with E-state index in [-0.39, 0.29) is 0 Å². The van der Waals surface area contributed by atoms with E-state index in [0.717, 1.165) is 0 Å². The van der Waals surface area contributed by atoms with E-state index < -0.39 is 16.5 Å². The lowest BCUT2D eigenvalue weighted by Gasteiger charge is -1.34. The zero-order valence-electron chi connectivity index (χ0n) is 4.65. The Morgan fingerprint density at radius 3 is 0.800 bits per heavy atom. The van der Waals surface area contributed by atoms with E-state index in [1.807, 2.05) is 0 Å². The average Bonchev–Trinajstić information content (AvgIpc) is 1.66. The van der Waals surface area contributed by atoms with Crippen molar-refractivity contribution in [3.05, 3.63) is 0 Å². The maximum Gasteiger partial charge on any atom is 0.692 e. The van der Waals surface area contributed by atoms with Crippen LogP contribution in [-0.4, -0.2) is 19.6 Å². The summed E-state index contributed by atoms with van der Waals surface area (Å²) in [5.74, 6) is 0. The van der Waals surface area contributed by atoms with Crippen LogP contribution in [0, 0.1) is 12.8 Å². The third-order valence-electron chi connectivity index (χ3n) is 0. The van der Waals surface area contributed by atoms with Gasteiger partial charge in [-0.15, -0.1) is 32.4 Å². The molecule has 0 aliphatic heterocycles. The summed E-state index contributed by atoms with van der Waals surface area (Å²) >= 11 is 0. The topological polar surface area (TPSA) is 115 Å². The quantitative estimate of drug-likeness (QED) is 0.301. The number of hydrogen-bond acceptors (Lipinski definition) is 2. The molecule has 0 aromatic carbocycles. The van der Waals surface area contributed by atoms with E-state index >= 15 is 0 Å². The van der Waals surface area contributed by atoms with Crippen molar-refractivity contribution in [1.29, 1.82) is 0 Å². The van der Waals surface area contributed by atoms with Gasteiger partial charge in [0.15, 0.2) is 0 Å². The van der Waals surface area contributed by atoms with Crippen molar-refractivity contribution in [3.63, 3.8) is 0 Å². The molecule has 8 heteroatoms. The van der Waals surface area contributed by atoms with Crippen molar-refractivity contribution in [2.75, 3.05) is 0 Å². The second-order valence-corrected chi connectivity index (χ2v) is 1.52. The van der Waals surface area contributed by atoms with Gasteiger partial charge in [-0.05, 0) is 0 Å². The van der Waals surface area contributed by atoms with Gasteiger partial charge in [-0.3, -0.25) is 0 Å². The second-order valence-electron chi connectivity index (χ2n) is 0.505. The molecule has 0 saturated carbocycles. The lowest BCUT2D eigenvalue weighted by Crippen LogP contribution is -1.38. The summed E-state index contributed by atoms with van der Waals surface area (Å²) in [6.45, 7) is 0. The fourth-order valence-electron chi connectivity index (χ4n) is 0. The second kappa shape index (κ2) is 15.8. The van der Waals surface area contributed by atoms with E-state index in [1.165, 1.54) is 0 Å². The van der Waals surface area contributed by atoms with Crippen molar-refractivity contribution in [2.24, 2.45) is 0 Å². The average molecular weight is 188 g/mol. The Bertz CT molecular complexity index is 98.2. The Balaban J connectivity index is -0.0000000787. The van der Waals surface area contributed by atoms with Crippen LogP contribution >= 0.6 is 16.5 Å². The minimum atomic E-state index is -2.87. The number of hydrogen-bond donors (Lipinski definition) is 4. The number of rotatable bonds is 0. The molecular formula is C2H6O6P2+2. The van der Waals surface area contributed by atoms with Crippen molar-refractivity contribution in [3.8, 4) is 12.8 Å². The molecule has 0 radical (unpaired) electrons. The molecule has 0 heterocycles. The first-order valence-electron chi connectivity index (χ1n) is 1.50. The van der Waals surface area contributed by atoms with Crippen molar-refractivity contribution < 1.29 is 28.7 Å². The monoisotopic (exact) mass is 188 g/mol. The van der Waals surface area contributed by atoms with Crippen LogP contribution in [0.4, 0.5) is 0 Å². The maximum atomic E-state index is 8.70. The van der Waals surface area contributed by atoms with Crippen LogP contribution in [0.25, 0.3) is 0 Å². The van der Waals surface area contributed by atoms with Gasteiger partial charge in [0.25, 0.3) is 0 Å². The smallest absolute Gasteiger partial charge is 0.134 e. The molecule has 0 rings (SSSR count). The summed E-state index contributed by atoms with van der Waals surface area (Å²) in [5, 5.41) is 0. The van der Waals surface area contributed by atoms with Crippen molar-refractivity contribution >= 4 is 16.5 Å². The fourth-order valence-corrected chi connectivity index (χ4v) is 0. The highest BCUT2D eigenvalue weighted by Crippen LogP contribution is 1.98. The van der Waals surface area contributed by atoms with Crippen LogP contribution in [-0.2, 0) is 9.13 Å². The van der Waals surface area contributed by atoms with Crippen LogP contribution in [0.5, 0.6) is 0 Å². The molecule has 0 aromatic rings.